The first-order valence-corrected chi connectivity index (χ1v) is 5.93. The van der Waals surface area contributed by atoms with Crippen LogP contribution in [0.4, 0.5) is 19.0 Å². The zero-order valence-electron chi connectivity index (χ0n) is 10.7. The molecule has 2 aromatic rings. The number of hydrogen-bond donors (Lipinski definition) is 1. The summed E-state index contributed by atoms with van der Waals surface area (Å²) in [5, 5.41) is 3.03. The molecule has 0 saturated carbocycles. The Hall–Kier alpha value is -2.24. The van der Waals surface area contributed by atoms with Gasteiger partial charge >= 0.3 is 6.36 Å². The predicted molar refractivity (Wildman–Crippen MR) is 69.4 cm³/mol. The van der Waals surface area contributed by atoms with Crippen molar-refractivity contribution in [1.29, 1.82) is 0 Å². The third-order valence-corrected chi connectivity index (χ3v) is 2.52. The van der Waals surface area contributed by atoms with Crippen LogP contribution in [0.25, 0.3) is 0 Å². The third kappa shape index (κ3) is 4.46. The summed E-state index contributed by atoms with van der Waals surface area (Å²) >= 11 is 0. The summed E-state index contributed by atoms with van der Waals surface area (Å²) in [4.78, 5) is 4.15. The molecule has 0 radical (unpaired) electrons. The van der Waals surface area contributed by atoms with Crippen LogP contribution in [-0.2, 0) is 6.54 Å². The number of ether oxygens (including phenoxy) is 1. The normalized spacial score (nSPS) is 11.2. The Bertz CT molecular complexity index is 567. The molecule has 20 heavy (non-hydrogen) atoms. The van der Waals surface area contributed by atoms with Gasteiger partial charge in [0.15, 0.2) is 0 Å². The van der Waals surface area contributed by atoms with Crippen LogP contribution in [0.1, 0.15) is 11.1 Å². The van der Waals surface area contributed by atoms with E-state index < -0.39 is 6.36 Å². The molecule has 0 atom stereocenters. The molecule has 0 saturated heterocycles. The van der Waals surface area contributed by atoms with E-state index in [0.29, 0.717) is 17.9 Å². The van der Waals surface area contributed by atoms with Gasteiger partial charge in [-0.05, 0) is 36.2 Å². The van der Waals surface area contributed by atoms with Gasteiger partial charge in [-0.2, -0.15) is 0 Å². The van der Waals surface area contributed by atoms with Crippen LogP contribution in [0.3, 0.4) is 0 Å². The van der Waals surface area contributed by atoms with Gasteiger partial charge in [-0.1, -0.05) is 18.2 Å². The van der Waals surface area contributed by atoms with Gasteiger partial charge in [0.25, 0.3) is 0 Å². The zero-order valence-corrected chi connectivity index (χ0v) is 10.7. The van der Waals surface area contributed by atoms with Crippen molar-refractivity contribution < 1.29 is 17.9 Å². The molecule has 0 aliphatic rings. The summed E-state index contributed by atoms with van der Waals surface area (Å²) in [7, 11) is 0. The average Bonchev–Trinajstić information content (AvgIpc) is 2.36. The van der Waals surface area contributed by atoms with Crippen LogP contribution < -0.4 is 10.1 Å². The number of aromatic nitrogens is 1. The van der Waals surface area contributed by atoms with Crippen molar-refractivity contribution in [2.45, 2.75) is 19.8 Å². The van der Waals surface area contributed by atoms with Crippen molar-refractivity contribution in [1.82, 2.24) is 4.98 Å². The lowest BCUT2D eigenvalue weighted by atomic mass is 10.2. The number of nitrogens with zero attached hydrogens (tertiary/aromatic N) is 1. The lowest BCUT2D eigenvalue weighted by Gasteiger charge is -2.10. The van der Waals surface area contributed by atoms with Crippen LogP contribution in [0.15, 0.2) is 42.6 Å². The highest BCUT2D eigenvalue weighted by atomic mass is 19.4. The highest BCUT2D eigenvalue weighted by Crippen LogP contribution is 2.23. The number of halogens is 3. The third-order valence-electron chi connectivity index (χ3n) is 2.52. The highest BCUT2D eigenvalue weighted by molar-refractivity contribution is 5.37. The van der Waals surface area contributed by atoms with Gasteiger partial charge < -0.3 is 10.1 Å². The minimum atomic E-state index is -4.68. The maximum absolute atomic E-state index is 12.1. The number of alkyl halides is 3. The van der Waals surface area contributed by atoms with Crippen molar-refractivity contribution in [2.24, 2.45) is 0 Å². The Morgan fingerprint density at radius 2 is 2.00 bits per heavy atom. The van der Waals surface area contributed by atoms with E-state index in [4.69, 9.17) is 0 Å². The highest BCUT2D eigenvalue weighted by Gasteiger charge is 2.31. The molecule has 1 aromatic carbocycles. The molecular formula is C14H13F3N2O. The second kappa shape index (κ2) is 5.81. The van der Waals surface area contributed by atoms with Crippen LogP contribution in [0, 0.1) is 6.92 Å². The first kappa shape index (κ1) is 14.2. The summed E-state index contributed by atoms with van der Waals surface area (Å²) in [6, 6.07) is 9.55. The molecule has 0 spiro atoms. The Kier molecular flexibility index (Phi) is 4.12. The summed E-state index contributed by atoms with van der Waals surface area (Å²) in [6.45, 7) is 2.29. The number of nitrogens with one attached hydrogen (secondary N) is 1. The molecule has 106 valence electrons. The van der Waals surface area contributed by atoms with E-state index in [1.165, 1.54) is 18.2 Å². The quantitative estimate of drug-likeness (QED) is 0.923. The summed E-state index contributed by atoms with van der Waals surface area (Å²) in [5.74, 6) is 0.436. The second-order valence-corrected chi connectivity index (χ2v) is 4.27. The van der Waals surface area contributed by atoms with Gasteiger partial charge in [-0.25, -0.2) is 4.98 Å². The molecule has 6 heteroatoms. The van der Waals surface area contributed by atoms with E-state index in [2.05, 4.69) is 15.0 Å². The molecule has 0 unspecified atom stereocenters. The first-order valence-electron chi connectivity index (χ1n) is 5.93. The van der Waals surface area contributed by atoms with Gasteiger partial charge in [-0.15, -0.1) is 13.2 Å². The van der Waals surface area contributed by atoms with Crippen molar-refractivity contribution in [3.8, 4) is 5.75 Å². The van der Waals surface area contributed by atoms with Crippen LogP contribution in [-0.4, -0.2) is 11.3 Å². The lowest BCUT2D eigenvalue weighted by molar-refractivity contribution is -0.274. The number of benzene rings is 1. The summed E-state index contributed by atoms with van der Waals surface area (Å²) in [5.41, 5.74) is 1.71. The summed E-state index contributed by atoms with van der Waals surface area (Å²) in [6.07, 6.45) is -2.96. The minimum Gasteiger partial charge on any atom is -0.406 e. The fraction of sp³-hybridized carbons (Fsp3) is 0.214. The average molecular weight is 282 g/mol. The Labute approximate surface area is 114 Å². The standard InChI is InChI=1S/C14H13F3N2O/c1-10-5-6-13(18-8-10)19-9-11-3-2-4-12(7-11)20-14(15,16)17/h2-8H,9H2,1H3,(H,18,19). The van der Waals surface area contributed by atoms with Crippen LogP contribution in [0.5, 0.6) is 5.75 Å². The number of rotatable bonds is 4. The number of anilines is 1. The van der Waals surface area contributed by atoms with E-state index in [9.17, 15) is 13.2 Å². The molecular weight excluding hydrogens is 269 g/mol. The van der Waals surface area contributed by atoms with E-state index in [1.54, 1.807) is 12.3 Å². The van der Waals surface area contributed by atoms with Crippen molar-refractivity contribution in [3.63, 3.8) is 0 Å². The molecule has 1 heterocycles. The fourth-order valence-electron chi connectivity index (χ4n) is 1.62. The Balaban J connectivity index is 1.99. The largest absolute Gasteiger partial charge is 0.573 e. The topological polar surface area (TPSA) is 34.1 Å². The molecule has 3 nitrogen and oxygen atoms in total. The molecule has 0 fully saturated rings. The van der Waals surface area contributed by atoms with E-state index >= 15 is 0 Å². The van der Waals surface area contributed by atoms with Crippen molar-refractivity contribution >= 4 is 5.82 Å². The SMILES string of the molecule is Cc1ccc(NCc2cccc(OC(F)(F)F)c2)nc1. The fourth-order valence-corrected chi connectivity index (χ4v) is 1.62. The first-order chi connectivity index (χ1) is 9.42. The summed E-state index contributed by atoms with van der Waals surface area (Å²) < 4.78 is 40.2. The van der Waals surface area contributed by atoms with E-state index in [0.717, 1.165) is 5.56 Å². The van der Waals surface area contributed by atoms with Gasteiger partial charge in [-0.3, -0.25) is 0 Å². The monoisotopic (exact) mass is 282 g/mol. The smallest absolute Gasteiger partial charge is 0.406 e. The molecule has 0 amide bonds. The maximum atomic E-state index is 12.1. The van der Waals surface area contributed by atoms with Gasteiger partial charge in [0.05, 0.1) is 0 Å². The van der Waals surface area contributed by atoms with Gasteiger partial charge in [0.2, 0.25) is 0 Å². The molecule has 0 bridgehead atoms. The predicted octanol–water partition coefficient (Wildman–Crippen LogP) is 3.90. The van der Waals surface area contributed by atoms with Gasteiger partial charge in [0.1, 0.15) is 11.6 Å². The minimum absolute atomic E-state index is 0.228. The molecule has 0 aliphatic carbocycles. The maximum Gasteiger partial charge on any atom is 0.573 e. The van der Waals surface area contributed by atoms with E-state index in [1.807, 2.05) is 19.1 Å². The second-order valence-electron chi connectivity index (χ2n) is 4.27. The molecule has 1 N–H and O–H groups in total. The lowest BCUT2D eigenvalue weighted by Crippen LogP contribution is -2.17. The van der Waals surface area contributed by atoms with Crippen LogP contribution in [0.2, 0.25) is 0 Å². The number of pyridine rings is 1. The Morgan fingerprint density at radius 3 is 2.65 bits per heavy atom. The van der Waals surface area contributed by atoms with E-state index in [-0.39, 0.29) is 5.75 Å². The molecule has 0 aliphatic heterocycles. The van der Waals surface area contributed by atoms with Crippen LogP contribution >= 0.6 is 0 Å². The number of hydrogen-bond acceptors (Lipinski definition) is 3. The van der Waals surface area contributed by atoms with Crippen molar-refractivity contribution in [2.75, 3.05) is 5.32 Å². The van der Waals surface area contributed by atoms with Gasteiger partial charge in [0, 0.05) is 12.7 Å². The Morgan fingerprint density at radius 1 is 1.20 bits per heavy atom. The molecule has 1 aromatic heterocycles. The number of aryl methyl sites for hydroxylation is 1. The van der Waals surface area contributed by atoms with Crippen molar-refractivity contribution in [3.05, 3.63) is 53.7 Å². The molecule has 2 rings (SSSR count). The zero-order chi connectivity index (χ0) is 14.6.